The lowest BCUT2D eigenvalue weighted by molar-refractivity contribution is -0.139. The number of carbonyl (C=O) groups excluding carboxylic acids is 2. The Hall–Kier alpha value is -2.88. The molecule has 0 aliphatic heterocycles. The van der Waals surface area contributed by atoms with Crippen molar-refractivity contribution in [3.8, 4) is 0 Å². The van der Waals surface area contributed by atoms with Gasteiger partial charge in [0.1, 0.15) is 12.6 Å². The molecular formula is C31H35BrClN3O4S. The van der Waals surface area contributed by atoms with Gasteiger partial charge in [-0.05, 0) is 98.8 Å². The Kier molecular flexibility index (Phi) is 10.2. The van der Waals surface area contributed by atoms with Crippen LogP contribution >= 0.6 is 27.5 Å². The van der Waals surface area contributed by atoms with Crippen LogP contribution in [0.1, 0.15) is 49.3 Å². The van der Waals surface area contributed by atoms with Crippen molar-refractivity contribution in [3.63, 3.8) is 0 Å². The van der Waals surface area contributed by atoms with Crippen LogP contribution in [0.25, 0.3) is 0 Å². The van der Waals surface area contributed by atoms with Crippen molar-refractivity contribution < 1.29 is 18.0 Å². The number of sulfonamides is 1. The van der Waals surface area contributed by atoms with Crippen LogP contribution in [-0.4, -0.2) is 43.8 Å². The van der Waals surface area contributed by atoms with Crippen LogP contribution in [0, 0.1) is 13.8 Å². The van der Waals surface area contributed by atoms with Gasteiger partial charge in [-0.3, -0.25) is 13.9 Å². The fourth-order valence-electron chi connectivity index (χ4n) is 4.95. The number of carbonyl (C=O) groups is 2. The first-order valence-electron chi connectivity index (χ1n) is 13.7. The minimum Gasteiger partial charge on any atom is -0.352 e. The third-order valence-corrected chi connectivity index (χ3v) is 10.1. The van der Waals surface area contributed by atoms with Gasteiger partial charge >= 0.3 is 0 Å². The minimum atomic E-state index is -4.15. The van der Waals surface area contributed by atoms with Gasteiger partial charge in [0, 0.05) is 22.1 Å². The van der Waals surface area contributed by atoms with E-state index < -0.39 is 28.5 Å². The highest BCUT2D eigenvalue weighted by molar-refractivity contribution is 9.10. The van der Waals surface area contributed by atoms with Gasteiger partial charge in [-0.2, -0.15) is 0 Å². The fraction of sp³-hybridized carbons (Fsp3) is 0.355. The van der Waals surface area contributed by atoms with Crippen molar-refractivity contribution in [3.05, 3.63) is 92.9 Å². The summed E-state index contributed by atoms with van der Waals surface area (Å²) in [4.78, 5) is 28.9. The molecule has 0 unspecified atom stereocenters. The lowest BCUT2D eigenvalue weighted by atomic mass is 10.1. The number of rotatable bonds is 10. The summed E-state index contributed by atoms with van der Waals surface area (Å²) >= 11 is 9.50. The molecular weight excluding hydrogens is 626 g/mol. The van der Waals surface area contributed by atoms with Gasteiger partial charge in [-0.15, -0.1) is 0 Å². The number of anilines is 1. The largest absolute Gasteiger partial charge is 0.352 e. The van der Waals surface area contributed by atoms with Crippen LogP contribution < -0.4 is 9.62 Å². The van der Waals surface area contributed by atoms with Crippen LogP contribution in [0.2, 0.25) is 5.02 Å². The summed E-state index contributed by atoms with van der Waals surface area (Å²) in [6.45, 7) is 5.17. The van der Waals surface area contributed by atoms with Crippen molar-refractivity contribution in [2.45, 2.75) is 70.0 Å². The zero-order chi connectivity index (χ0) is 29.7. The molecule has 0 spiro atoms. The molecule has 0 saturated heterocycles. The molecule has 3 aromatic carbocycles. The van der Waals surface area contributed by atoms with Gasteiger partial charge in [0.2, 0.25) is 11.8 Å². The van der Waals surface area contributed by atoms with Crippen LogP contribution in [0.3, 0.4) is 0 Å². The molecule has 10 heteroatoms. The third kappa shape index (κ3) is 7.70. The maximum absolute atomic E-state index is 14.1. The zero-order valence-electron chi connectivity index (χ0n) is 23.4. The number of halogens is 2. The van der Waals surface area contributed by atoms with Gasteiger partial charge in [-0.1, -0.05) is 58.6 Å². The Morgan fingerprint density at radius 2 is 1.68 bits per heavy atom. The second kappa shape index (κ2) is 13.4. The smallest absolute Gasteiger partial charge is 0.264 e. The normalized spacial score (nSPS) is 14.5. The Morgan fingerprint density at radius 3 is 2.32 bits per heavy atom. The van der Waals surface area contributed by atoms with Crippen LogP contribution in [-0.2, 0) is 26.2 Å². The topological polar surface area (TPSA) is 86.8 Å². The van der Waals surface area contributed by atoms with Crippen molar-refractivity contribution in [1.82, 2.24) is 10.2 Å². The van der Waals surface area contributed by atoms with Crippen molar-refractivity contribution in [1.29, 1.82) is 0 Å². The molecule has 218 valence electrons. The van der Waals surface area contributed by atoms with Gasteiger partial charge in [0.25, 0.3) is 10.0 Å². The van der Waals surface area contributed by atoms with Gasteiger partial charge in [-0.25, -0.2) is 8.42 Å². The molecule has 1 saturated carbocycles. The van der Waals surface area contributed by atoms with E-state index in [1.807, 2.05) is 44.2 Å². The molecule has 1 fully saturated rings. The second-order valence-electron chi connectivity index (χ2n) is 10.6. The van der Waals surface area contributed by atoms with E-state index in [1.165, 1.54) is 29.2 Å². The molecule has 2 amide bonds. The first-order valence-corrected chi connectivity index (χ1v) is 16.3. The van der Waals surface area contributed by atoms with E-state index in [1.54, 1.807) is 19.1 Å². The number of hydrogen-bond donors (Lipinski definition) is 1. The van der Waals surface area contributed by atoms with E-state index >= 15 is 0 Å². The maximum atomic E-state index is 14.1. The van der Waals surface area contributed by atoms with Crippen LogP contribution in [0.4, 0.5) is 5.69 Å². The highest BCUT2D eigenvalue weighted by Gasteiger charge is 2.33. The first kappa shape index (κ1) is 31.1. The Balaban J connectivity index is 1.70. The lowest BCUT2D eigenvalue weighted by Crippen LogP contribution is -2.52. The average Bonchev–Trinajstić information content (AvgIpc) is 3.44. The molecule has 1 N–H and O–H groups in total. The number of nitrogens with zero attached hydrogens (tertiary/aromatic N) is 2. The Bertz CT molecular complexity index is 1510. The molecule has 0 radical (unpaired) electrons. The first-order chi connectivity index (χ1) is 19.5. The lowest BCUT2D eigenvalue weighted by Gasteiger charge is -2.32. The van der Waals surface area contributed by atoms with Crippen molar-refractivity contribution in [2.24, 2.45) is 0 Å². The number of nitrogens with one attached hydrogen (secondary N) is 1. The monoisotopic (exact) mass is 659 g/mol. The molecule has 0 heterocycles. The Morgan fingerprint density at radius 1 is 1.00 bits per heavy atom. The summed E-state index contributed by atoms with van der Waals surface area (Å²) in [5.41, 5.74) is 3.06. The maximum Gasteiger partial charge on any atom is 0.264 e. The molecule has 1 aliphatic carbocycles. The van der Waals surface area contributed by atoms with Crippen LogP contribution in [0.5, 0.6) is 0 Å². The van der Waals surface area contributed by atoms with E-state index in [0.29, 0.717) is 10.7 Å². The van der Waals surface area contributed by atoms with Crippen LogP contribution in [0.15, 0.2) is 76.1 Å². The van der Waals surface area contributed by atoms with Gasteiger partial charge in [0.05, 0.1) is 10.6 Å². The fourth-order valence-corrected chi connectivity index (χ4v) is 6.93. The van der Waals surface area contributed by atoms with E-state index in [4.69, 9.17) is 11.6 Å². The van der Waals surface area contributed by atoms with E-state index in [2.05, 4.69) is 21.2 Å². The molecule has 0 aromatic heterocycles. The quantitative estimate of drug-likeness (QED) is 0.273. The van der Waals surface area contributed by atoms with E-state index in [9.17, 15) is 18.0 Å². The number of aryl methyl sites for hydroxylation is 2. The summed E-state index contributed by atoms with van der Waals surface area (Å²) in [5.74, 6) is -0.742. The van der Waals surface area contributed by atoms with Gasteiger partial charge < -0.3 is 10.2 Å². The third-order valence-electron chi connectivity index (χ3n) is 7.57. The zero-order valence-corrected chi connectivity index (χ0v) is 26.6. The standard InChI is InChI=1S/C31H35BrClN3O4S/c1-21-11-14-28(17-22(21)2)36(41(39,40)29-15-12-26(33)13-16-29)20-30(37)35(19-24-7-6-8-25(32)18-24)23(3)31(38)34-27-9-4-5-10-27/h6-8,11-18,23,27H,4-5,9-10,19-20H2,1-3H3,(H,34,38)/t23-/m1/s1. The average molecular weight is 661 g/mol. The molecule has 1 atom stereocenters. The molecule has 41 heavy (non-hydrogen) atoms. The van der Waals surface area contributed by atoms with Crippen molar-refractivity contribution in [2.75, 3.05) is 10.8 Å². The summed E-state index contributed by atoms with van der Waals surface area (Å²) in [7, 11) is -4.15. The highest BCUT2D eigenvalue weighted by atomic mass is 79.9. The molecule has 1 aliphatic rings. The Labute approximate surface area is 256 Å². The number of hydrogen-bond acceptors (Lipinski definition) is 4. The molecule has 0 bridgehead atoms. The number of amides is 2. The molecule has 4 rings (SSSR count). The SMILES string of the molecule is Cc1ccc(N(CC(=O)N(Cc2cccc(Br)c2)[C@H](C)C(=O)NC2CCCC2)S(=O)(=O)c2ccc(Cl)cc2)cc1C. The summed E-state index contributed by atoms with van der Waals surface area (Å²) in [6, 6.07) is 17.9. The van der Waals surface area contributed by atoms with Gasteiger partial charge in [0.15, 0.2) is 0 Å². The summed E-state index contributed by atoms with van der Waals surface area (Å²) in [5, 5.41) is 3.49. The minimum absolute atomic E-state index is 0.0125. The second-order valence-corrected chi connectivity index (χ2v) is 13.8. The number of benzene rings is 3. The predicted octanol–water partition coefficient (Wildman–Crippen LogP) is 6.39. The van der Waals surface area contributed by atoms with E-state index in [0.717, 1.165) is 51.2 Å². The molecule has 3 aromatic rings. The predicted molar refractivity (Wildman–Crippen MR) is 166 cm³/mol. The summed E-state index contributed by atoms with van der Waals surface area (Å²) in [6.07, 6.45) is 3.96. The van der Waals surface area contributed by atoms with E-state index in [-0.39, 0.29) is 23.4 Å². The molecule has 7 nitrogen and oxygen atoms in total. The summed E-state index contributed by atoms with van der Waals surface area (Å²) < 4.78 is 29.9. The van der Waals surface area contributed by atoms with Crippen molar-refractivity contribution >= 4 is 55.1 Å². The highest BCUT2D eigenvalue weighted by Crippen LogP contribution is 2.27.